The van der Waals surface area contributed by atoms with Gasteiger partial charge in [0.05, 0.1) is 28.8 Å². The number of nitrogens with zero attached hydrogens (tertiary/aromatic N) is 2. The normalized spacial score (nSPS) is 10.9. The maximum Gasteiger partial charge on any atom is 0.191 e. The fourth-order valence-electron chi connectivity index (χ4n) is 2.14. The van der Waals surface area contributed by atoms with Crippen molar-refractivity contribution < 1.29 is 4.39 Å². The van der Waals surface area contributed by atoms with Gasteiger partial charge < -0.3 is 5.32 Å². The number of H-pyrrole nitrogens is 1. The quantitative estimate of drug-likeness (QED) is 0.328. The largest absolute Gasteiger partial charge is 0.330 e. The fraction of sp³-hybridized carbons (Fsp3) is 0. The molecule has 3 N–H and O–H groups in total. The summed E-state index contributed by atoms with van der Waals surface area (Å²) in [7, 11) is 0. The monoisotopic (exact) mass is 407 g/mol. The van der Waals surface area contributed by atoms with Gasteiger partial charge in [-0.1, -0.05) is 23.2 Å². The summed E-state index contributed by atoms with van der Waals surface area (Å²) in [5, 5.41) is 15.1. The molecule has 1 aromatic heterocycles. The highest BCUT2D eigenvalue weighted by molar-refractivity contribution is 7.80. The minimum Gasteiger partial charge on any atom is -0.330 e. The van der Waals surface area contributed by atoms with E-state index in [0.29, 0.717) is 15.7 Å². The van der Waals surface area contributed by atoms with Crippen LogP contribution in [0, 0.1) is 5.82 Å². The van der Waals surface area contributed by atoms with Gasteiger partial charge in [-0.05, 0) is 54.7 Å². The van der Waals surface area contributed by atoms with Crippen LogP contribution in [0.1, 0.15) is 5.56 Å². The van der Waals surface area contributed by atoms with Crippen LogP contribution in [0.25, 0.3) is 11.3 Å². The van der Waals surface area contributed by atoms with Gasteiger partial charge in [-0.3, -0.25) is 10.5 Å². The highest BCUT2D eigenvalue weighted by atomic mass is 35.5. The van der Waals surface area contributed by atoms with Crippen LogP contribution in [0.4, 0.5) is 10.1 Å². The van der Waals surface area contributed by atoms with E-state index in [4.69, 9.17) is 35.4 Å². The van der Waals surface area contributed by atoms with Crippen LogP contribution < -0.4 is 10.7 Å². The van der Waals surface area contributed by atoms with Crippen LogP contribution in [-0.4, -0.2) is 21.5 Å². The number of aromatic nitrogens is 2. The number of halogens is 3. The van der Waals surface area contributed by atoms with E-state index in [1.165, 1.54) is 12.1 Å². The third-order valence-electron chi connectivity index (χ3n) is 3.35. The van der Waals surface area contributed by atoms with Crippen molar-refractivity contribution in [1.82, 2.24) is 15.6 Å². The van der Waals surface area contributed by atoms with Gasteiger partial charge in [0.2, 0.25) is 0 Å². The topological polar surface area (TPSA) is 65.1 Å². The van der Waals surface area contributed by atoms with Gasteiger partial charge in [0, 0.05) is 16.1 Å². The molecule has 0 fully saturated rings. The zero-order valence-corrected chi connectivity index (χ0v) is 15.5. The summed E-state index contributed by atoms with van der Waals surface area (Å²) in [4.78, 5) is 0. The van der Waals surface area contributed by atoms with E-state index in [-0.39, 0.29) is 10.9 Å². The number of hydrogen-bond acceptors (Lipinski definition) is 3. The van der Waals surface area contributed by atoms with E-state index in [2.05, 4.69) is 26.0 Å². The van der Waals surface area contributed by atoms with E-state index < -0.39 is 0 Å². The van der Waals surface area contributed by atoms with Crippen molar-refractivity contribution in [2.45, 2.75) is 0 Å². The average Bonchev–Trinajstić information content (AvgIpc) is 3.06. The fourth-order valence-corrected chi connectivity index (χ4v) is 2.76. The average molecular weight is 408 g/mol. The Balaban J connectivity index is 1.65. The second-order valence-electron chi connectivity index (χ2n) is 5.16. The van der Waals surface area contributed by atoms with Gasteiger partial charge >= 0.3 is 0 Å². The molecule has 0 saturated carbocycles. The van der Waals surface area contributed by atoms with E-state index >= 15 is 0 Å². The molecule has 132 valence electrons. The molecule has 2 aromatic carbocycles. The Morgan fingerprint density at radius 1 is 1.19 bits per heavy atom. The lowest BCUT2D eigenvalue weighted by Crippen LogP contribution is -2.24. The van der Waals surface area contributed by atoms with Crippen LogP contribution in [-0.2, 0) is 0 Å². The molecular formula is C17H12Cl2FN5S. The minimum absolute atomic E-state index is 0.261. The number of hydrogen-bond donors (Lipinski definition) is 3. The van der Waals surface area contributed by atoms with Crippen LogP contribution in [0.3, 0.4) is 0 Å². The van der Waals surface area contributed by atoms with Crippen molar-refractivity contribution >= 4 is 52.4 Å². The summed E-state index contributed by atoms with van der Waals surface area (Å²) in [6, 6.07) is 11.1. The number of rotatable bonds is 4. The lowest BCUT2D eigenvalue weighted by molar-refractivity contribution is 0.628. The van der Waals surface area contributed by atoms with Gasteiger partial charge in [-0.15, -0.1) is 0 Å². The predicted molar refractivity (Wildman–Crippen MR) is 107 cm³/mol. The molecule has 0 aliphatic rings. The first-order valence-electron chi connectivity index (χ1n) is 7.37. The first-order chi connectivity index (χ1) is 12.5. The van der Waals surface area contributed by atoms with E-state index in [9.17, 15) is 4.39 Å². The van der Waals surface area contributed by atoms with E-state index in [1.807, 2.05) is 0 Å². The highest BCUT2D eigenvalue weighted by Crippen LogP contribution is 2.25. The summed E-state index contributed by atoms with van der Waals surface area (Å²) < 4.78 is 13.0. The molecule has 0 spiro atoms. The second kappa shape index (κ2) is 8.27. The van der Waals surface area contributed by atoms with Crippen molar-refractivity contribution in [3.8, 4) is 11.3 Å². The van der Waals surface area contributed by atoms with Crippen molar-refractivity contribution in [3.05, 3.63) is 70.1 Å². The maximum absolute atomic E-state index is 13.0. The Morgan fingerprint density at radius 2 is 1.96 bits per heavy atom. The number of benzene rings is 2. The third kappa shape index (κ3) is 4.57. The van der Waals surface area contributed by atoms with E-state index in [0.717, 1.165) is 16.8 Å². The molecule has 0 unspecified atom stereocenters. The predicted octanol–water partition coefficient (Wildman–Crippen LogP) is 4.84. The Morgan fingerprint density at radius 3 is 2.69 bits per heavy atom. The first-order valence-corrected chi connectivity index (χ1v) is 8.54. The number of hydrazone groups is 1. The molecule has 0 aliphatic heterocycles. The lowest BCUT2D eigenvalue weighted by Gasteiger charge is -2.08. The first kappa shape index (κ1) is 18.3. The molecular weight excluding hydrogens is 396 g/mol. The Kier molecular flexibility index (Phi) is 5.82. The number of aromatic amines is 1. The summed E-state index contributed by atoms with van der Waals surface area (Å²) in [5.74, 6) is -0.303. The van der Waals surface area contributed by atoms with Crippen molar-refractivity contribution in [2.75, 3.05) is 5.32 Å². The Labute approximate surface area is 164 Å². The molecule has 9 heteroatoms. The summed E-state index contributed by atoms with van der Waals surface area (Å²) in [6.45, 7) is 0. The smallest absolute Gasteiger partial charge is 0.191 e. The molecule has 26 heavy (non-hydrogen) atoms. The summed E-state index contributed by atoms with van der Waals surface area (Å²) in [6.07, 6.45) is 3.16. The molecule has 0 aliphatic carbocycles. The van der Waals surface area contributed by atoms with Gasteiger partial charge in [0.15, 0.2) is 5.11 Å². The van der Waals surface area contributed by atoms with Crippen LogP contribution >= 0.6 is 35.4 Å². The van der Waals surface area contributed by atoms with Crippen molar-refractivity contribution in [1.29, 1.82) is 0 Å². The van der Waals surface area contributed by atoms with Crippen LogP contribution in [0.2, 0.25) is 10.0 Å². The zero-order chi connectivity index (χ0) is 18.5. The molecule has 3 aromatic rings. The third-order valence-corrected chi connectivity index (χ3v) is 4.09. The van der Waals surface area contributed by atoms with Gasteiger partial charge in [-0.25, -0.2) is 4.39 Å². The number of nitrogens with one attached hydrogen (secondary N) is 3. The standard InChI is InChI=1S/C17H12Cl2FN5S/c18-12-3-6-15(14(19)7-12)23-17(26)25-22-9-11-8-21-24-16(11)10-1-4-13(20)5-2-10/h1-9H,(H,21,24)(H2,23,25,26). The molecule has 5 nitrogen and oxygen atoms in total. The molecule has 1 heterocycles. The Hall–Kier alpha value is -2.48. The second-order valence-corrected chi connectivity index (χ2v) is 6.41. The summed E-state index contributed by atoms with van der Waals surface area (Å²) >= 11 is 17.1. The van der Waals surface area contributed by atoms with Crippen molar-refractivity contribution in [3.63, 3.8) is 0 Å². The number of anilines is 1. The Bertz CT molecular complexity index is 956. The van der Waals surface area contributed by atoms with E-state index in [1.54, 1.807) is 42.7 Å². The molecule has 0 bridgehead atoms. The maximum atomic E-state index is 13.0. The van der Waals surface area contributed by atoms with Crippen LogP contribution in [0.5, 0.6) is 0 Å². The van der Waals surface area contributed by atoms with Crippen molar-refractivity contribution in [2.24, 2.45) is 5.10 Å². The van der Waals surface area contributed by atoms with Gasteiger partial charge in [0.25, 0.3) is 0 Å². The van der Waals surface area contributed by atoms with Gasteiger partial charge in [-0.2, -0.15) is 10.2 Å². The zero-order valence-electron chi connectivity index (χ0n) is 13.1. The molecule has 3 rings (SSSR count). The minimum atomic E-state index is -0.303. The molecule has 0 saturated heterocycles. The molecule has 0 radical (unpaired) electrons. The lowest BCUT2D eigenvalue weighted by atomic mass is 10.1. The highest BCUT2D eigenvalue weighted by Gasteiger charge is 2.06. The molecule has 0 amide bonds. The SMILES string of the molecule is Fc1ccc(-c2[nH]ncc2C=NNC(=S)Nc2ccc(Cl)cc2Cl)cc1. The number of thiocarbonyl (C=S) groups is 1. The molecule has 0 atom stereocenters. The summed E-state index contributed by atoms with van der Waals surface area (Å²) in [5.41, 5.74) is 5.53. The van der Waals surface area contributed by atoms with Crippen LogP contribution in [0.15, 0.2) is 53.8 Å². The van der Waals surface area contributed by atoms with Gasteiger partial charge in [0.1, 0.15) is 5.82 Å².